The fourth-order valence-corrected chi connectivity index (χ4v) is 3.40. The van der Waals surface area contributed by atoms with E-state index in [0.717, 1.165) is 26.4 Å². The van der Waals surface area contributed by atoms with Gasteiger partial charge in [-0.3, -0.25) is 0 Å². The molecule has 2 aliphatic heterocycles. The van der Waals surface area contributed by atoms with Crippen LogP contribution in [0.15, 0.2) is 36.4 Å². The summed E-state index contributed by atoms with van der Waals surface area (Å²) in [5.41, 5.74) is 2.07. The molecule has 2 saturated heterocycles. The number of rotatable bonds is 3. The summed E-state index contributed by atoms with van der Waals surface area (Å²) in [7, 11) is 0. The molecule has 0 unspecified atom stereocenters. The molecule has 4 rings (SSSR count). The summed E-state index contributed by atoms with van der Waals surface area (Å²) >= 11 is 0. The average molecular weight is 707 g/mol. The Morgan fingerprint density at radius 2 is 0.921 bits per heavy atom. The van der Waals surface area contributed by atoms with Crippen LogP contribution < -0.4 is 34.0 Å². The van der Waals surface area contributed by atoms with Crippen LogP contribution in [0.4, 0.5) is 0 Å². The minimum Gasteiger partial charge on any atom is -1.00 e. The van der Waals surface area contributed by atoms with E-state index >= 15 is 0 Å². The second-order valence-electron chi connectivity index (χ2n) is 11.1. The summed E-state index contributed by atoms with van der Waals surface area (Å²) in [5.74, 6) is 0. The summed E-state index contributed by atoms with van der Waals surface area (Å²) in [6, 6.07) is 11.1. The maximum atomic E-state index is 10.5. The zero-order valence-electron chi connectivity index (χ0n) is 23.6. The normalized spacial score (nSPS) is 15.9. The van der Waals surface area contributed by atoms with Gasteiger partial charge in [0.15, 0.2) is 0 Å². The van der Waals surface area contributed by atoms with Crippen molar-refractivity contribution >= 4 is 0 Å². The van der Waals surface area contributed by atoms with Crippen molar-refractivity contribution in [3.63, 3.8) is 0 Å². The predicted molar refractivity (Wildman–Crippen MR) is 141 cm³/mol. The molecule has 0 spiro atoms. The van der Waals surface area contributed by atoms with Crippen LogP contribution in [0.1, 0.15) is 90.8 Å². The Bertz CT molecular complexity index is 784. The Morgan fingerprint density at radius 3 is 1.13 bits per heavy atom. The van der Waals surface area contributed by atoms with Crippen LogP contribution in [-0.4, -0.2) is 46.6 Å². The van der Waals surface area contributed by atoms with Crippen molar-refractivity contribution in [1.29, 1.82) is 0 Å². The number of halogens is 2. The van der Waals surface area contributed by atoms with E-state index in [9.17, 15) is 10.2 Å². The molecule has 0 radical (unpaired) electrons. The van der Waals surface area contributed by atoms with Crippen LogP contribution >= 0.6 is 0 Å². The third kappa shape index (κ3) is 14.8. The first kappa shape index (κ1) is 42.1. The molecule has 0 amide bonds. The van der Waals surface area contributed by atoms with E-state index in [4.69, 9.17) is 9.47 Å². The van der Waals surface area contributed by atoms with Gasteiger partial charge < -0.3 is 59.1 Å². The van der Waals surface area contributed by atoms with Gasteiger partial charge in [-0.1, -0.05) is 53.7 Å². The molecule has 0 aliphatic carbocycles. The number of aliphatic hydroxyl groups is 2. The molecule has 2 aromatic rings. The summed E-state index contributed by atoms with van der Waals surface area (Å²) in [6.45, 7) is 15.9. The molecule has 2 atom stereocenters. The molecule has 2 aliphatic rings. The van der Waals surface area contributed by atoms with Gasteiger partial charge in [0.25, 0.3) is 0 Å². The smallest absolute Gasteiger partial charge is 1.00 e. The second-order valence-corrected chi connectivity index (χ2v) is 11.1. The van der Waals surface area contributed by atoms with Gasteiger partial charge in [0.1, 0.15) is 12.2 Å². The number of aromatic nitrogens is 2. The molecule has 5 N–H and O–H groups in total. The standard InChI is InChI=1S/C20H28N2O2.2C4H8O.2BrH.Fe.H2O/c1-19(2,3)17(23)15-11-7-9-13(21-15)14-10-8-12-16(22-14)18(24)20(4,5)6;2*1-2-4-5-3-1;;;;/h7-12,17-18,23-24H,1-6H3;2*1-4H2;2*1H;;1H2/q;;;;;+2;/p-1/t17-,18-;;;;;;/m1....../s1. The SMILES string of the molecule is C1CCOC1.C1CCOC1.CC(C)(C)[C@H](O)c1cccc(-c2cccc([C@@H](O)C(C)(C)C)n2)n1.[Br-].[Br-].[Fe+2].[OH3+]. The molecular weight excluding hydrogens is 660 g/mol. The Morgan fingerprint density at radius 1 is 0.632 bits per heavy atom. The Labute approximate surface area is 260 Å². The van der Waals surface area contributed by atoms with E-state index in [2.05, 4.69) is 9.97 Å². The zero-order valence-corrected chi connectivity index (χ0v) is 27.8. The Hall–Kier alpha value is -0.421. The molecule has 7 nitrogen and oxygen atoms in total. The van der Waals surface area contributed by atoms with Crippen LogP contribution in [0.3, 0.4) is 0 Å². The number of hydrogen-bond donors (Lipinski definition) is 2. The maximum absolute atomic E-state index is 10.5. The summed E-state index contributed by atoms with van der Waals surface area (Å²) in [5, 5.41) is 20.9. The van der Waals surface area contributed by atoms with Crippen molar-refractivity contribution in [1.82, 2.24) is 9.97 Å². The summed E-state index contributed by atoms with van der Waals surface area (Å²) < 4.78 is 9.89. The third-order valence-electron chi connectivity index (χ3n) is 5.66. The molecule has 0 saturated carbocycles. The Kier molecular flexibility index (Phi) is 22.6. The molecule has 0 aromatic carbocycles. The van der Waals surface area contributed by atoms with Gasteiger partial charge in [-0.15, -0.1) is 0 Å². The van der Waals surface area contributed by atoms with Crippen LogP contribution in [-0.2, 0) is 32.0 Å². The van der Waals surface area contributed by atoms with Crippen LogP contribution in [0, 0.1) is 10.8 Å². The summed E-state index contributed by atoms with van der Waals surface area (Å²) in [4.78, 5) is 9.16. The number of pyridine rings is 2. The number of hydrogen-bond acceptors (Lipinski definition) is 6. The van der Waals surface area contributed by atoms with Crippen LogP contribution in [0.25, 0.3) is 11.4 Å². The van der Waals surface area contributed by atoms with Crippen molar-refractivity contribution in [3.05, 3.63) is 47.8 Å². The molecule has 10 heteroatoms. The molecular formula is C28H47Br2FeN2O5+. The quantitative estimate of drug-likeness (QED) is 0.312. The average Bonchev–Trinajstić information content (AvgIpc) is 3.56. The number of ether oxygens (including phenoxy) is 2. The van der Waals surface area contributed by atoms with Crippen molar-refractivity contribution in [3.8, 4) is 11.4 Å². The van der Waals surface area contributed by atoms with E-state index in [1.54, 1.807) is 0 Å². The van der Waals surface area contributed by atoms with E-state index in [-0.39, 0.29) is 67.3 Å². The minimum atomic E-state index is -0.652. The van der Waals surface area contributed by atoms with Crippen molar-refractivity contribution < 1.29 is 76.2 Å². The van der Waals surface area contributed by atoms with Gasteiger partial charge in [-0.2, -0.15) is 0 Å². The van der Waals surface area contributed by atoms with E-state index in [0.29, 0.717) is 22.8 Å². The van der Waals surface area contributed by atoms with Gasteiger partial charge in [-0.25, -0.2) is 9.97 Å². The van der Waals surface area contributed by atoms with Gasteiger partial charge in [0.05, 0.1) is 22.8 Å². The third-order valence-corrected chi connectivity index (χ3v) is 5.66. The fourth-order valence-electron chi connectivity index (χ4n) is 3.40. The van der Waals surface area contributed by atoms with Crippen LogP contribution in [0.2, 0.25) is 0 Å². The molecule has 2 fully saturated rings. The van der Waals surface area contributed by atoms with E-state index in [1.807, 2.05) is 77.9 Å². The maximum Gasteiger partial charge on any atom is 2.00 e. The first-order valence-electron chi connectivity index (χ1n) is 12.5. The molecule has 2 aromatic heterocycles. The van der Waals surface area contributed by atoms with E-state index in [1.165, 1.54) is 25.7 Å². The topological polar surface area (TPSA) is 118 Å². The molecule has 0 bridgehead atoms. The first-order valence-corrected chi connectivity index (χ1v) is 12.5. The van der Waals surface area contributed by atoms with Gasteiger partial charge in [-0.05, 0) is 60.8 Å². The molecule has 4 heterocycles. The predicted octanol–water partition coefficient (Wildman–Crippen LogP) is -1.02. The Balaban J connectivity index is -0.000000731. The monoisotopic (exact) mass is 705 g/mol. The largest absolute Gasteiger partial charge is 2.00 e. The number of aliphatic hydroxyl groups excluding tert-OH is 2. The second kappa shape index (κ2) is 20.5. The van der Waals surface area contributed by atoms with Gasteiger partial charge >= 0.3 is 17.1 Å². The van der Waals surface area contributed by atoms with Crippen molar-refractivity contribution in [2.24, 2.45) is 10.8 Å². The van der Waals surface area contributed by atoms with Crippen LogP contribution in [0.5, 0.6) is 0 Å². The van der Waals surface area contributed by atoms with Crippen molar-refractivity contribution in [2.45, 2.75) is 79.4 Å². The molecule has 38 heavy (non-hydrogen) atoms. The molecule has 220 valence electrons. The fraction of sp³-hybridized carbons (Fsp3) is 0.643. The van der Waals surface area contributed by atoms with E-state index < -0.39 is 12.2 Å². The number of nitrogens with zero attached hydrogens (tertiary/aromatic N) is 2. The zero-order chi connectivity index (χ0) is 25.2. The van der Waals surface area contributed by atoms with Gasteiger partial charge in [0, 0.05) is 26.4 Å². The van der Waals surface area contributed by atoms with Gasteiger partial charge in [0.2, 0.25) is 0 Å². The first-order chi connectivity index (χ1) is 16.0. The van der Waals surface area contributed by atoms with Crippen molar-refractivity contribution in [2.75, 3.05) is 26.4 Å². The summed E-state index contributed by atoms with van der Waals surface area (Å²) in [6.07, 6.45) is 3.81. The minimum absolute atomic E-state index is 0.